The SMILES string of the molecule is COC(=O)c1cn(C(=O)c2ccc(OCc3ccccc3)cc2)c2ccccc12. The van der Waals surface area contributed by atoms with Crippen molar-refractivity contribution in [3.8, 4) is 5.75 Å². The van der Waals surface area contributed by atoms with Gasteiger partial charge in [0, 0.05) is 17.1 Å². The van der Waals surface area contributed by atoms with Gasteiger partial charge in [-0.2, -0.15) is 0 Å². The van der Waals surface area contributed by atoms with Crippen molar-refractivity contribution in [2.45, 2.75) is 6.61 Å². The van der Waals surface area contributed by atoms with E-state index in [1.807, 2.05) is 42.5 Å². The Bertz CT molecular complexity index is 1160. The fourth-order valence-corrected chi connectivity index (χ4v) is 3.19. The van der Waals surface area contributed by atoms with Gasteiger partial charge in [-0.3, -0.25) is 9.36 Å². The summed E-state index contributed by atoms with van der Waals surface area (Å²) in [5.74, 6) is -0.0265. The van der Waals surface area contributed by atoms with Crippen LogP contribution in [0, 0.1) is 0 Å². The zero-order chi connectivity index (χ0) is 20.2. The first kappa shape index (κ1) is 18.5. The molecule has 1 heterocycles. The van der Waals surface area contributed by atoms with E-state index in [2.05, 4.69) is 0 Å². The van der Waals surface area contributed by atoms with E-state index in [1.54, 1.807) is 36.4 Å². The molecule has 0 fully saturated rings. The molecule has 3 aromatic carbocycles. The number of fused-ring (bicyclic) bond motifs is 1. The van der Waals surface area contributed by atoms with Crippen LogP contribution in [0.3, 0.4) is 0 Å². The maximum atomic E-state index is 13.0. The Balaban J connectivity index is 1.58. The number of methoxy groups -OCH3 is 1. The summed E-state index contributed by atoms with van der Waals surface area (Å²) in [6.45, 7) is 0.457. The van der Waals surface area contributed by atoms with Gasteiger partial charge in [-0.1, -0.05) is 48.5 Å². The Kier molecular flexibility index (Phi) is 5.12. The summed E-state index contributed by atoms with van der Waals surface area (Å²) >= 11 is 0. The van der Waals surface area contributed by atoms with Crippen LogP contribution in [0.15, 0.2) is 85.1 Å². The molecule has 29 heavy (non-hydrogen) atoms. The first-order chi connectivity index (χ1) is 14.2. The monoisotopic (exact) mass is 385 g/mol. The summed E-state index contributed by atoms with van der Waals surface area (Å²) in [4.78, 5) is 25.1. The zero-order valence-corrected chi connectivity index (χ0v) is 15.9. The molecule has 4 rings (SSSR count). The molecule has 0 radical (unpaired) electrons. The molecule has 0 spiro atoms. The zero-order valence-electron chi connectivity index (χ0n) is 15.9. The van der Waals surface area contributed by atoms with Crippen molar-refractivity contribution >= 4 is 22.8 Å². The van der Waals surface area contributed by atoms with Gasteiger partial charge in [-0.05, 0) is 35.9 Å². The lowest BCUT2D eigenvalue weighted by Gasteiger charge is -2.08. The van der Waals surface area contributed by atoms with Crippen LogP contribution in [0.4, 0.5) is 0 Å². The predicted octanol–water partition coefficient (Wildman–Crippen LogP) is 4.70. The first-order valence-electron chi connectivity index (χ1n) is 9.17. The van der Waals surface area contributed by atoms with Crippen molar-refractivity contribution in [1.29, 1.82) is 0 Å². The van der Waals surface area contributed by atoms with Crippen LogP contribution in [0.2, 0.25) is 0 Å². The van der Waals surface area contributed by atoms with E-state index in [0.717, 1.165) is 5.56 Å². The molecule has 0 aliphatic rings. The van der Waals surface area contributed by atoms with Crippen LogP contribution < -0.4 is 4.74 Å². The lowest BCUT2D eigenvalue weighted by molar-refractivity contribution is 0.0603. The molecule has 1 aromatic heterocycles. The lowest BCUT2D eigenvalue weighted by Crippen LogP contribution is -2.11. The summed E-state index contributed by atoms with van der Waals surface area (Å²) in [6.07, 6.45) is 1.53. The molecule has 0 saturated carbocycles. The molecule has 0 unspecified atom stereocenters. The minimum atomic E-state index is -0.475. The van der Waals surface area contributed by atoms with Crippen molar-refractivity contribution in [3.05, 3.63) is 102 Å². The highest BCUT2D eigenvalue weighted by Crippen LogP contribution is 2.24. The van der Waals surface area contributed by atoms with Gasteiger partial charge in [-0.15, -0.1) is 0 Å². The highest BCUT2D eigenvalue weighted by atomic mass is 16.5. The molecule has 144 valence electrons. The summed E-state index contributed by atoms with van der Waals surface area (Å²) in [6, 6.07) is 24.1. The summed E-state index contributed by atoms with van der Waals surface area (Å²) in [7, 11) is 1.32. The lowest BCUT2D eigenvalue weighted by atomic mass is 10.2. The molecule has 0 bridgehead atoms. The topological polar surface area (TPSA) is 57.5 Å². The highest BCUT2D eigenvalue weighted by Gasteiger charge is 2.19. The van der Waals surface area contributed by atoms with E-state index < -0.39 is 5.97 Å². The number of carbonyl (C=O) groups excluding carboxylic acids is 2. The predicted molar refractivity (Wildman–Crippen MR) is 110 cm³/mol. The van der Waals surface area contributed by atoms with Crippen molar-refractivity contribution in [2.75, 3.05) is 7.11 Å². The Labute approximate surface area is 168 Å². The van der Waals surface area contributed by atoms with Gasteiger partial charge in [0.2, 0.25) is 0 Å². The quantitative estimate of drug-likeness (QED) is 0.468. The largest absolute Gasteiger partial charge is 0.489 e. The Hall–Kier alpha value is -3.86. The Morgan fingerprint density at radius 3 is 2.28 bits per heavy atom. The smallest absolute Gasteiger partial charge is 0.340 e. The third-order valence-electron chi connectivity index (χ3n) is 4.69. The molecule has 0 aliphatic heterocycles. The number of carbonyl (C=O) groups is 2. The van der Waals surface area contributed by atoms with E-state index in [1.165, 1.54) is 17.9 Å². The second-order valence-electron chi connectivity index (χ2n) is 6.53. The van der Waals surface area contributed by atoms with Crippen molar-refractivity contribution in [1.82, 2.24) is 4.57 Å². The summed E-state index contributed by atoms with van der Waals surface area (Å²) in [5.41, 5.74) is 2.58. The van der Waals surface area contributed by atoms with E-state index in [4.69, 9.17) is 9.47 Å². The average molecular weight is 385 g/mol. The number of para-hydroxylation sites is 1. The number of benzene rings is 3. The van der Waals surface area contributed by atoms with Gasteiger partial charge in [0.05, 0.1) is 18.2 Å². The van der Waals surface area contributed by atoms with Gasteiger partial charge < -0.3 is 9.47 Å². The summed E-state index contributed by atoms with van der Waals surface area (Å²) < 4.78 is 12.1. The number of nitrogens with zero attached hydrogens (tertiary/aromatic N) is 1. The minimum absolute atomic E-state index is 0.231. The number of rotatable bonds is 5. The standard InChI is InChI=1S/C24H19NO4/c1-28-24(27)21-15-25(22-10-6-5-9-20(21)22)23(26)18-11-13-19(14-12-18)29-16-17-7-3-2-4-8-17/h2-15H,16H2,1H3. The number of esters is 1. The van der Waals surface area contributed by atoms with Crippen molar-refractivity contribution in [3.63, 3.8) is 0 Å². The fourth-order valence-electron chi connectivity index (χ4n) is 3.19. The number of hydrogen-bond acceptors (Lipinski definition) is 4. The van der Waals surface area contributed by atoms with Crippen LogP contribution in [-0.2, 0) is 11.3 Å². The normalized spacial score (nSPS) is 10.7. The molecule has 0 aliphatic carbocycles. The second kappa shape index (κ2) is 8.02. The van der Waals surface area contributed by atoms with Crippen molar-refractivity contribution < 1.29 is 19.1 Å². The Morgan fingerprint density at radius 2 is 1.55 bits per heavy atom. The van der Waals surface area contributed by atoms with Crippen LogP contribution in [0.1, 0.15) is 26.3 Å². The highest BCUT2D eigenvalue weighted by molar-refractivity contribution is 6.09. The Morgan fingerprint density at radius 1 is 0.862 bits per heavy atom. The molecule has 0 saturated heterocycles. The second-order valence-corrected chi connectivity index (χ2v) is 6.53. The molecule has 5 nitrogen and oxygen atoms in total. The molecule has 4 aromatic rings. The fraction of sp³-hybridized carbons (Fsp3) is 0.0833. The molecule has 0 atom stereocenters. The number of ether oxygens (including phenoxy) is 2. The van der Waals surface area contributed by atoms with Gasteiger partial charge in [0.15, 0.2) is 0 Å². The number of aromatic nitrogens is 1. The van der Waals surface area contributed by atoms with Gasteiger partial charge in [0.1, 0.15) is 12.4 Å². The van der Waals surface area contributed by atoms with E-state index in [0.29, 0.717) is 34.4 Å². The first-order valence-corrected chi connectivity index (χ1v) is 9.17. The van der Waals surface area contributed by atoms with E-state index in [-0.39, 0.29) is 5.91 Å². The van der Waals surface area contributed by atoms with Crippen LogP contribution in [-0.4, -0.2) is 23.6 Å². The molecular formula is C24H19NO4. The maximum Gasteiger partial charge on any atom is 0.340 e. The van der Waals surface area contributed by atoms with E-state index >= 15 is 0 Å². The van der Waals surface area contributed by atoms with Crippen LogP contribution >= 0.6 is 0 Å². The third-order valence-corrected chi connectivity index (χ3v) is 4.69. The minimum Gasteiger partial charge on any atom is -0.489 e. The van der Waals surface area contributed by atoms with Crippen LogP contribution in [0.5, 0.6) is 5.75 Å². The molecule has 0 amide bonds. The van der Waals surface area contributed by atoms with Crippen molar-refractivity contribution in [2.24, 2.45) is 0 Å². The molecule has 0 N–H and O–H groups in total. The molecule has 5 heteroatoms. The molecular weight excluding hydrogens is 366 g/mol. The third kappa shape index (κ3) is 3.75. The maximum absolute atomic E-state index is 13.0. The summed E-state index contributed by atoms with van der Waals surface area (Å²) in [5, 5.41) is 0.676. The van der Waals surface area contributed by atoms with Gasteiger partial charge in [0.25, 0.3) is 5.91 Å². The number of hydrogen-bond donors (Lipinski definition) is 0. The van der Waals surface area contributed by atoms with Gasteiger partial charge in [-0.25, -0.2) is 4.79 Å². The van der Waals surface area contributed by atoms with E-state index in [9.17, 15) is 9.59 Å². The van der Waals surface area contributed by atoms with Gasteiger partial charge >= 0.3 is 5.97 Å². The average Bonchev–Trinajstić information content (AvgIpc) is 3.17. The van der Waals surface area contributed by atoms with Crippen LogP contribution in [0.25, 0.3) is 10.9 Å².